The maximum Gasteiger partial charge on any atom is 0.261 e. The van der Waals surface area contributed by atoms with Gasteiger partial charge in [0.1, 0.15) is 5.75 Å². The minimum atomic E-state index is -3.88. The lowest BCUT2D eigenvalue weighted by Crippen LogP contribution is -2.16. The number of ether oxygens (including phenoxy) is 1. The molecule has 5 nitrogen and oxygen atoms in total. The number of nitrogens with zero attached hydrogens (tertiary/aromatic N) is 1. The first-order valence-corrected chi connectivity index (χ1v) is 15.4. The summed E-state index contributed by atoms with van der Waals surface area (Å²) in [5, 5.41) is 6.85. The number of benzene rings is 6. The van der Waals surface area contributed by atoms with E-state index in [0.29, 0.717) is 5.69 Å². The van der Waals surface area contributed by atoms with Crippen LogP contribution in [0, 0.1) is 20.8 Å². The number of nitrogens with one attached hydrogen (secondary N) is 1. The Hall–Kier alpha value is -4.81. The summed E-state index contributed by atoms with van der Waals surface area (Å²) in [6, 6.07) is 34.1. The number of aryl methyl sites for hydroxylation is 2. The van der Waals surface area contributed by atoms with E-state index in [-0.39, 0.29) is 4.90 Å². The van der Waals surface area contributed by atoms with Crippen molar-refractivity contribution in [3.63, 3.8) is 0 Å². The second kappa shape index (κ2) is 9.64. The number of fused-ring (bicyclic) bond motifs is 7. The Labute approximate surface area is 245 Å². The zero-order valence-electron chi connectivity index (χ0n) is 23.9. The fraction of sp³-hybridized carbons (Fsp3) is 0.111. The first kappa shape index (κ1) is 26.1. The average molecular weight is 571 g/mol. The van der Waals surface area contributed by atoms with Crippen molar-refractivity contribution in [2.45, 2.75) is 25.7 Å². The van der Waals surface area contributed by atoms with Gasteiger partial charge in [-0.1, -0.05) is 78.4 Å². The summed E-state index contributed by atoms with van der Waals surface area (Å²) in [4.78, 5) is 0.212. The Kier molecular flexibility index (Phi) is 5.99. The molecule has 6 aromatic carbocycles. The number of methoxy groups -OCH3 is 1. The molecule has 0 saturated heterocycles. The zero-order valence-corrected chi connectivity index (χ0v) is 24.7. The summed E-state index contributed by atoms with van der Waals surface area (Å²) in [5.74, 6) is 0.722. The molecule has 0 aliphatic carbocycles. The standard InChI is InChI=1S/C36H30N2O3S/c1-22-13-17-27(18-14-22)42(39,40)37-30-21-23(2)36(41-4)24(3)35(30)38-31-19-15-25-9-5-7-11-28(25)33(31)34-29-12-8-6-10-26(29)16-20-32(34)38/h5-21,37H,1-4H3. The highest BCUT2D eigenvalue weighted by atomic mass is 32.2. The lowest BCUT2D eigenvalue weighted by atomic mass is 10.00. The Morgan fingerprint density at radius 2 is 1.24 bits per heavy atom. The van der Waals surface area contributed by atoms with E-state index in [9.17, 15) is 8.42 Å². The van der Waals surface area contributed by atoms with Crippen LogP contribution in [0.1, 0.15) is 16.7 Å². The van der Waals surface area contributed by atoms with Gasteiger partial charge in [-0.15, -0.1) is 0 Å². The van der Waals surface area contributed by atoms with Crippen molar-refractivity contribution in [3.8, 4) is 11.4 Å². The minimum absolute atomic E-state index is 0.212. The SMILES string of the molecule is COc1c(C)cc(NS(=O)(=O)c2ccc(C)cc2)c(-n2c3ccc4ccccc4c3c3c4ccccc4ccc32)c1C. The highest BCUT2D eigenvalue weighted by molar-refractivity contribution is 7.92. The maximum atomic E-state index is 13.7. The zero-order chi connectivity index (χ0) is 29.2. The van der Waals surface area contributed by atoms with Crippen molar-refractivity contribution < 1.29 is 13.2 Å². The maximum absolute atomic E-state index is 13.7. The third-order valence-electron chi connectivity index (χ3n) is 8.22. The van der Waals surface area contributed by atoms with Gasteiger partial charge in [0, 0.05) is 16.3 Å². The molecule has 0 aliphatic heterocycles. The van der Waals surface area contributed by atoms with Crippen molar-refractivity contribution in [2.24, 2.45) is 0 Å². The van der Waals surface area contributed by atoms with Gasteiger partial charge < -0.3 is 9.30 Å². The summed E-state index contributed by atoms with van der Waals surface area (Å²) in [5.41, 5.74) is 5.90. The summed E-state index contributed by atoms with van der Waals surface area (Å²) in [7, 11) is -2.22. The van der Waals surface area contributed by atoms with E-state index < -0.39 is 10.0 Å². The Morgan fingerprint density at radius 1 is 0.690 bits per heavy atom. The molecule has 0 bridgehead atoms. The predicted molar refractivity (Wildman–Crippen MR) is 174 cm³/mol. The highest BCUT2D eigenvalue weighted by Crippen LogP contribution is 2.44. The molecule has 0 spiro atoms. The molecule has 0 fully saturated rings. The first-order chi connectivity index (χ1) is 20.3. The number of sulfonamides is 1. The number of hydrogen-bond donors (Lipinski definition) is 1. The molecular weight excluding hydrogens is 540 g/mol. The molecule has 1 heterocycles. The van der Waals surface area contributed by atoms with Crippen LogP contribution in [-0.4, -0.2) is 20.1 Å². The van der Waals surface area contributed by atoms with Crippen LogP contribution in [0.5, 0.6) is 5.75 Å². The van der Waals surface area contributed by atoms with Gasteiger partial charge in [0.05, 0.1) is 34.4 Å². The molecule has 0 radical (unpaired) electrons. The average Bonchev–Trinajstić information content (AvgIpc) is 3.32. The van der Waals surface area contributed by atoms with Gasteiger partial charge in [0.15, 0.2) is 0 Å². The number of rotatable bonds is 5. The van der Waals surface area contributed by atoms with Gasteiger partial charge in [-0.05, 0) is 78.2 Å². The van der Waals surface area contributed by atoms with Crippen molar-refractivity contribution in [1.29, 1.82) is 0 Å². The van der Waals surface area contributed by atoms with E-state index in [1.165, 1.54) is 0 Å². The molecular formula is C36H30N2O3S. The molecule has 1 N–H and O–H groups in total. The van der Waals surface area contributed by atoms with E-state index in [2.05, 4.69) is 82.1 Å². The quantitative estimate of drug-likeness (QED) is 0.225. The van der Waals surface area contributed by atoms with E-state index in [1.54, 1.807) is 19.2 Å². The molecule has 42 heavy (non-hydrogen) atoms. The van der Waals surface area contributed by atoms with Gasteiger partial charge in [-0.2, -0.15) is 0 Å². The minimum Gasteiger partial charge on any atom is -0.496 e. The predicted octanol–water partition coefficient (Wildman–Crippen LogP) is 8.82. The molecule has 0 saturated carbocycles. The summed E-state index contributed by atoms with van der Waals surface area (Å²) in [6.07, 6.45) is 0. The van der Waals surface area contributed by atoms with Crippen LogP contribution in [0.3, 0.4) is 0 Å². The topological polar surface area (TPSA) is 60.3 Å². The van der Waals surface area contributed by atoms with Crippen LogP contribution >= 0.6 is 0 Å². The first-order valence-electron chi connectivity index (χ1n) is 13.9. The van der Waals surface area contributed by atoms with Crippen LogP contribution in [0.4, 0.5) is 5.69 Å². The monoisotopic (exact) mass is 570 g/mol. The van der Waals surface area contributed by atoms with Crippen LogP contribution in [0.2, 0.25) is 0 Å². The van der Waals surface area contributed by atoms with Crippen molar-refractivity contribution in [2.75, 3.05) is 11.8 Å². The fourth-order valence-electron chi connectivity index (χ4n) is 6.35. The Balaban J connectivity index is 1.62. The molecule has 0 aliphatic rings. The summed E-state index contributed by atoms with van der Waals surface area (Å²) >= 11 is 0. The molecule has 1 aromatic heterocycles. The summed E-state index contributed by atoms with van der Waals surface area (Å²) < 4.78 is 38.5. The van der Waals surface area contributed by atoms with Gasteiger partial charge >= 0.3 is 0 Å². The third kappa shape index (κ3) is 3.94. The van der Waals surface area contributed by atoms with Crippen molar-refractivity contribution in [1.82, 2.24) is 4.57 Å². The second-order valence-corrected chi connectivity index (χ2v) is 12.5. The fourth-order valence-corrected chi connectivity index (χ4v) is 7.40. The lowest BCUT2D eigenvalue weighted by molar-refractivity contribution is 0.408. The van der Waals surface area contributed by atoms with Gasteiger partial charge in [0.25, 0.3) is 10.0 Å². The number of anilines is 1. The van der Waals surface area contributed by atoms with Gasteiger partial charge in [-0.3, -0.25) is 4.72 Å². The number of hydrogen-bond acceptors (Lipinski definition) is 3. The number of aromatic nitrogens is 1. The van der Waals surface area contributed by atoms with Gasteiger partial charge in [-0.25, -0.2) is 8.42 Å². The highest BCUT2D eigenvalue weighted by Gasteiger charge is 2.25. The Bertz CT molecular complexity index is 2210. The van der Waals surface area contributed by atoms with E-state index in [4.69, 9.17) is 4.74 Å². The largest absolute Gasteiger partial charge is 0.496 e. The Morgan fingerprint density at radius 3 is 1.79 bits per heavy atom. The molecule has 0 amide bonds. The normalized spacial score (nSPS) is 12.0. The van der Waals surface area contributed by atoms with Crippen LogP contribution in [-0.2, 0) is 10.0 Å². The van der Waals surface area contributed by atoms with Crippen LogP contribution < -0.4 is 9.46 Å². The second-order valence-electron chi connectivity index (χ2n) is 10.9. The third-order valence-corrected chi connectivity index (χ3v) is 9.60. The molecule has 7 aromatic rings. The smallest absolute Gasteiger partial charge is 0.261 e. The van der Waals surface area contributed by atoms with E-state index in [1.807, 2.05) is 39.0 Å². The molecule has 0 atom stereocenters. The van der Waals surface area contributed by atoms with Crippen LogP contribution in [0.25, 0.3) is 49.0 Å². The van der Waals surface area contributed by atoms with Crippen molar-refractivity contribution in [3.05, 3.63) is 120 Å². The van der Waals surface area contributed by atoms with Crippen LogP contribution in [0.15, 0.2) is 108 Å². The van der Waals surface area contributed by atoms with E-state index in [0.717, 1.165) is 71.5 Å². The molecule has 208 valence electrons. The van der Waals surface area contributed by atoms with Crippen molar-refractivity contribution >= 4 is 59.1 Å². The lowest BCUT2D eigenvalue weighted by Gasteiger charge is -2.21. The van der Waals surface area contributed by atoms with Gasteiger partial charge in [0.2, 0.25) is 0 Å². The van der Waals surface area contributed by atoms with E-state index >= 15 is 0 Å². The molecule has 6 heteroatoms. The molecule has 7 rings (SSSR count). The molecule has 0 unspecified atom stereocenters. The summed E-state index contributed by atoms with van der Waals surface area (Å²) in [6.45, 7) is 5.87.